The van der Waals surface area contributed by atoms with Crippen molar-refractivity contribution in [3.05, 3.63) is 0 Å². The smallest absolute Gasteiger partial charge is 0.236 e. The number of nitrogens with zero attached hydrogens (tertiary/aromatic N) is 2. The summed E-state index contributed by atoms with van der Waals surface area (Å²) in [5, 5.41) is 3.18. The zero-order valence-electron chi connectivity index (χ0n) is 10.4. The lowest BCUT2D eigenvalue weighted by atomic mass is 10.2. The number of rotatable bonds is 2. The first-order valence-electron chi connectivity index (χ1n) is 6.42. The van der Waals surface area contributed by atoms with Gasteiger partial charge in [0, 0.05) is 31.7 Å². The first-order chi connectivity index (χ1) is 7.68. The SMILES string of the molecule is CC(C)N1CCC(N2CCCNCC2=O)C1. The quantitative estimate of drug-likeness (QED) is 0.734. The van der Waals surface area contributed by atoms with Crippen molar-refractivity contribution in [1.82, 2.24) is 15.1 Å². The Morgan fingerprint density at radius 3 is 2.88 bits per heavy atom. The Morgan fingerprint density at radius 1 is 1.38 bits per heavy atom. The molecule has 4 nitrogen and oxygen atoms in total. The fourth-order valence-electron chi connectivity index (χ4n) is 2.67. The molecule has 2 heterocycles. The third kappa shape index (κ3) is 2.55. The predicted octanol–water partition coefficient (Wildman–Crippen LogP) is 0.291. The minimum Gasteiger partial charge on any atom is -0.337 e. The molecule has 0 spiro atoms. The van der Waals surface area contributed by atoms with Gasteiger partial charge in [0.2, 0.25) is 5.91 Å². The highest BCUT2D eigenvalue weighted by Gasteiger charge is 2.31. The standard InChI is InChI=1S/C12H23N3O/c1-10(2)14-7-4-11(9-14)15-6-3-5-13-8-12(15)16/h10-11,13H,3-9H2,1-2H3. The van der Waals surface area contributed by atoms with E-state index in [1.807, 2.05) is 0 Å². The van der Waals surface area contributed by atoms with E-state index < -0.39 is 0 Å². The topological polar surface area (TPSA) is 35.6 Å². The van der Waals surface area contributed by atoms with E-state index in [1.165, 1.54) is 0 Å². The van der Waals surface area contributed by atoms with E-state index in [-0.39, 0.29) is 5.91 Å². The summed E-state index contributed by atoms with van der Waals surface area (Å²) in [4.78, 5) is 16.5. The Morgan fingerprint density at radius 2 is 2.19 bits per heavy atom. The van der Waals surface area contributed by atoms with Crippen LogP contribution in [0.5, 0.6) is 0 Å². The van der Waals surface area contributed by atoms with Crippen molar-refractivity contribution in [2.45, 2.75) is 38.8 Å². The van der Waals surface area contributed by atoms with Crippen LogP contribution in [0.4, 0.5) is 0 Å². The Kier molecular flexibility index (Phi) is 3.82. The molecule has 0 aliphatic carbocycles. The van der Waals surface area contributed by atoms with E-state index in [4.69, 9.17) is 0 Å². The molecule has 2 aliphatic rings. The molecule has 2 saturated heterocycles. The molecule has 0 radical (unpaired) electrons. The van der Waals surface area contributed by atoms with Crippen LogP contribution < -0.4 is 5.32 Å². The van der Waals surface area contributed by atoms with Gasteiger partial charge in [0.25, 0.3) is 0 Å². The third-order valence-corrected chi connectivity index (χ3v) is 3.72. The highest BCUT2D eigenvalue weighted by Crippen LogP contribution is 2.18. The van der Waals surface area contributed by atoms with E-state index in [2.05, 4.69) is 29.0 Å². The monoisotopic (exact) mass is 225 g/mol. The normalized spacial score (nSPS) is 28.8. The number of likely N-dealkylation sites (tertiary alicyclic amines) is 1. The first kappa shape index (κ1) is 11.9. The summed E-state index contributed by atoms with van der Waals surface area (Å²) in [7, 11) is 0. The van der Waals surface area contributed by atoms with Gasteiger partial charge in [-0.3, -0.25) is 9.69 Å². The summed E-state index contributed by atoms with van der Waals surface area (Å²) in [5.74, 6) is 0.285. The zero-order valence-corrected chi connectivity index (χ0v) is 10.4. The minimum atomic E-state index is 0.285. The van der Waals surface area contributed by atoms with Crippen LogP contribution in [0.15, 0.2) is 0 Å². The molecule has 0 bridgehead atoms. The van der Waals surface area contributed by atoms with Gasteiger partial charge >= 0.3 is 0 Å². The molecule has 0 aromatic rings. The summed E-state index contributed by atoms with van der Waals surface area (Å²) in [6.45, 7) is 9.09. The summed E-state index contributed by atoms with van der Waals surface area (Å²) < 4.78 is 0. The maximum atomic E-state index is 11.9. The number of nitrogens with one attached hydrogen (secondary N) is 1. The summed E-state index contributed by atoms with van der Waals surface area (Å²) >= 11 is 0. The Hall–Kier alpha value is -0.610. The van der Waals surface area contributed by atoms with Gasteiger partial charge in [0.05, 0.1) is 6.54 Å². The fraction of sp³-hybridized carbons (Fsp3) is 0.917. The molecule has 1 unspecified atom stereocenters. The van der Waals surface area contributed by atoms with Crippen LogP contribution in [0.3, 0.4) is 0 Å². The van der Waals surface area contributed by atoms with Gasteiger partial charge in [0.15, 0.2) is 0 Å². The highest BCUT2D eigenvalue weighted by atomic mass is 16.2. The molecule has 0 aromatic heterocycles. The van der Waals surface area contributed by atoms with Gasteiger partial charge in [-0.2, -0.15) is 0 Å². The Balaban J connectivity index is 1.94. The average molecular weight is 225 g/mol. The zero-order chi connectivity index (χ0) is 11.5. The molecule has 0 saturated carbocycles. The molecule has 4 heteroatoms. The van der Waals surface area contributed by atoms with Crippen molar-refractivity contribution in [3.8, 4) is 0 Å². The molecule has 1 atom stereocenters. The summed E-state index contributed by atoms with van der Waals surface area (Å²) in [5.41, 5.74) is 0. The molecule has 2 fully saturated rings. The first-order valence-corrected chi connectivity index (χ1v) is 6.42. The molecule has 2 aliphatic heterocycles. The van der Waals surface area contributed by atoms with Gasteiger partial charge in [-0.1, -0.05) is 0 Å². The third-order valence-electron chi connectivity index (χ3n) is 3.72. The molecule has 0 aromatic carbocycles. The van der Waals surface area contributed by atoms with Gasteiger partial charge in [-0.25, -0.2) is 0 Å². The van der Waals surface area contributed by atoms with Crippen molar-refractivity contribution < 1.29 is 4.79 Å². The molecule has 2 rings (SSSR count). The van der Waals surface area contributed by atoms with Crippen LogP contribution in [0.25, 0.3) is 0 Å². The lowest BCUT2D eigenvalue weighted by Crippen LogP contribution is -2.44. The minimum absolute atomic E-state index is 0.285. The van der Waals surface area contributed by atoms with Crippen LogP contribution >= 0.6 is 0 Å². The molecule has 1 N–H and O–H groups in total. The summed E-state index contributed by atoms with van der Waals surface area (Å²) in [6.07, 6.45) is 2.23. The van der Waals surface area contributed by atoms with Crippen LogP contribution in [0.1, 0.15) is 26.7 Å². The van der Waals surface area contributed by atoms with Gasteiger partial charge in [-0.15, -0.1) is 0 Å². The number of carbonyl (C=O) groups is 1. The van der Waals surface area contributed by atoms with Crippen LogP contribution in [0.2, 0.25) is 0 Å². The van der Waals surface area contributed by atoms with Gasteiger partial charge < -0.3 is 10.2 Å². The number of amides is 1. The number of carbonyl (C=O) groups excluding carboxylic acids is 1. The van der Waals surface area contributed by atoms with E-state index in [9.17, 15) is 4.79 Å². The molecular weight excluding hydrogens is 202 g/mol. The maximum Gasteiger partial charge on any atom is 0.236 e. The number of hydrogen-bond acceptors (Lipinski definition) is 3. The second-order valence-electron chi connectivity index (χ2n) is 5.15. The molecule has 16 heavy (non-hydrogen) atoms. The van der Waals surface area contributed by atoms with Crippen molar-refractivity contribution >= 4 is 5.91 Å². The van der Waals surface area contributed by atoms with E-state index >= 15 is 0 Å². The lowest BCUT2D eigenvalue weighted by Gasteiger charge is -2.28. The van der Waals surface area contributed by atoms with Gasteiger partial charge in [0.1, 0.15) is 0 Å². The van der Waals surface area contributed by atoms with Crippen molar-refractivity contribution in [3.63, 3.8) is 0 Å². The molecular formula is C12H23N3O. The van der Waals surface area contributed by atoms with Crippen LogP contribution in [-0.4, -0.2) is 60.5 Å². The summed E-state index contributed by atoms with van der Waals surface area (Å²) in [6, 6.07) is 1.06. The van der Waals surface area contributed by atoms with Crippen molar-refractivity contribution in [1.29, 1.82) is 0 Å². The second kappa shape index (κ2) is 5.15. The fourth-order valence-corrected chi connectivity index (χ4v) is 2.67. The Labute approximate surface area is 98.0 Å². The van der Waals surface area contributed by atoms with Crippen LogP contribution in [-0.2, 0) is 4.79 Å². The Bertz CT molecular complexity index is 255. The predicted molar refractivity (Wildman–Crippen MR) is 64.3 cm³/mol. The average Bonchev–Trinajstić information content (AvgIpc) is 2.63. The maximum absolute atomic E-state index is 11.9. The highest BCUT2D eigenvalue weighted by molar-refractivity contribution is 5.78. The second-order valence-corrected chi connectivity index (χ2v) is 5.15. The van der Waals surface area contributed by atoms with Crippen molar-refractivity contribution in [2.75, 3.05) is 32.7 Å². The largest absolute Gasteiger partial charge is 0.337 e. The van der Waals surface area contributed by atoms with Crippen molar-refractivity contribution in [2.24, 2.45) is 0 Å². The van der Waals surface area contributed by atoms with Gasteiger partial charge in [-0.05, 0) is 33.2 Å². The van der Waals surface area contributed by atoms with E-state index in [0.717, 1.165) is 39.0 Å². The number of hydrogen-bond donors (Lipinski definition) is 1. The van der Waals surface area contributed by atoms with E-state index in [0.29, 0.717) is 18.6 Å². The molecule has 92 valence electrons. The lowest BCUT2D eigenvalue weighted by molar-refractivity contribution is -0.131. The van der Waals surface area contributed by atoms with E-state index in [1.54, 1.807) is 0 Å². The van der Waals surface area contributed by atoms with Crippen LogP contribution in [0, 0.1) is 0 Å². The molecule has 1 amide bonds.